The molecule has 0 aliphatic carbocycles. The Kier molecular flexibility index (Phi) is 4.22. The van der Waals surface area contributed by atoms with Crippen molar-refractivity contribution >= 4 is 17.5 Å². The van der Waals surface area contributed by atoms with Crippen molar-refractivity contribution in [3.8, 4) is 0 Å². The van der Waals surface area contributed by atoms with E-state index in [1.165, 1.54) is 0 Å². The van der Waals surface area contributed by atoms with Crippen molar-refractivity contribution in [2.45, 2.75) is 13.5 Å². The number of hydrogen-bond acceptors (Lipinski definition) is 4. The van der Waals surface area contributed by atoms with Gasteiger partial charge in [-0.15, -0.1) is 0 Å². The van der Waals surface area contributed by atoms with E-state index in [1.54, 1.807) is 24.9 Å². The average molecular weight is 323 g/mol. The molecule has 0 aromatic carbocycles. The fraction of sp³-hybridized carbons (Fsp3) is 0.467. The second kappa shape index (κ2) is 6.14. The molecule has 7 heteroatoms. The molecular formula is C15H19ClN4O2. The molecule has 0 atom stereocenters. The van der Waals surface area contributed by atoms with Gasteiger partial charge in [0.2, 0.25) is 0 Å². The number of hydrogen-bond donors (Lipinski definition) is 0. The van der Waals surface area contributed by atoms with Crippen molar-refractivity contribution in [1.29, 1.82) is 0 Å². The summed E-state index contributed by atoms with van der Waals surface area (Å²) in [6.07, 6.45) is 1.68. The van der Waals surface area contributed by atoms with Gasteiger partial charge in [0.15, 0.2) is 0 Å². The van der Waals surface area contributed by atoms with Crippen LogP contribution in [0.4, 0.5) is 0 Å². The smallest absolute Gasteiger partial charge is 0.273 e. The predicted molar refractivity (Wildman–Crippen MR) is 82.8 cm³/mol. The van der Waals surface area contributed by atoms with Gasteiger partial charge in [-0.2, -0.15) is 5.10 Å². The topological polar surface area (TPSA) is 54.5 Å². The van der Waals surface area contributed by atoms with Crippen LogP contribution >= 0.6 is 11.6 Å². The Labute approximate surface area is 134 Å². The first kappa shape index (κ1) is 15.1. The van der Waals surface area contributed by atoms with Crippen molar-refractivity contribution < 1.29 is 9.21 Å². The zero-order valence-electron chi connectivity index (χ0n) is 12.8. The lowest BCUT2D eigenvalue weighted by Crippen LogP contribution is -2.48. The summed E-state index contributed by atoms with van der Waals surface area (Å²) in [4.78, 5) is 16.7. The van der Waals surface area contributed by atoms with Crippen LogP contribution in [-0.2, 0) is 13.6 Å². The summed E-state index contributed by atoms with van der Waals surface area (Å²) in [6.45, 7) is 5.59. The molecule has 0 N–H and O–H groups in total. The molecule has 3 rings (SSSR count). The molecule has 1 amide bonds. The predicted octanol–water partition coefficient (Wildman–Crippen LogP) is 1.93. The first-order valence-corrected chi connectivity index (χ1v) is 7.67. The van der Waals surface area contributed by atoms with Crippen molar-refractivity contribution in [2.24, 2.45) is 7.05 Å². The van der Waals surface area contributed by atoms with Crippen molar-refractivity contribution in [3.63, 3.8) is 0 Å². The molecule has 118 valence electrons. The molecule has 22 heavy (non-hydrogen) atoms. The van der Waals surface area contributed by atoms with Crippen molar-refractivity contribution in [3.05, 3.63) is 40.6 Å². The first-order valence-electron chi connectivity index (χ1n) is 7.29. The highest BCUT2D eigenvalue weighted by Crippen LogP contribution is 2.21. The average Bonchev–Trinajstić information content (AvgIpc) is 3.08. The van der Waals surface area contributed by atoms with Gasteiger partial charge in [-0.1, -0.05) is 11.6 Å². The summed E-state index contributed by atoms with van der Waals surface area (Å²) in [6, 6.07) is 3.86. The summed E-state index contributed by atoms with van der Waals surface area (Å²) >= 11 is 6.20. The number of aromatic nitrogens is 2. The molecule has 2 aromatic heterocycles. The van der Waals surface area contributed by atoms with Gasteiger partial charge in [0, 0.05) is 33.2 Å². The number of furan rings is 1. The maximum absolute atomic E-state index is 12.6. The standard InChI is InChI=1S/C15H19ClN4O2/c1-11-13(16)14(18(2)17-11)15(21)20-7-5-19(6-8-20)10-12-4-3-9-22-12/h3-4,9H,5-8,10H2,1-2H3. The van der Waals surface area contributed by atoms with Gasteiger partial charge >= 0.3 is 0 Å². The van der Waals surface area contributed by atoms with E-state index in [4.69, 9.17) is 16.0 Å². The van der Waals surface area contributed by atoms with Gasteiger partial charge in [0.1, 0.15) is 11.5 Å². The normalized spacial score (nSPS) is 16.2. The van der Waals surface area contributed by atoms with Crippen LogP contribution in [0.2, 0.25) is 5.02 Å². The highest BCUT2D eigenvalue weighted by Gasteiger charge is 2.27. The lowest BCUT2D eigenvalue weighted by atomic mass is 10.2. The van der Waals surface area contributed by atoms with Gasteiger partial charge in [-0.3, -0.25) is 14.4 Å². The molecule has 1 saturated heterocycles. The Hall–Kier alpha value is -1.79. The molecule has 0 spiro atoms. The van der Waals surface area contributed by atoms with Crippen LogP contribution in [0.25, 0.3) is 0 Å². The molecular weight excluding hydrogens is 304 g/mol. The second-order valence-corrected chi connectivity index (χ2v) is 5.90. The Bertz CT molecular complexity index is 657. The third-order valence-electron chi connectivity index (χ3n) is 3.97. The monoisotopic (exact) mass is 322 g/mol. The summed E-state index contributed by atoms with van der Waals surface area (Å²) in [7, 11) is 1.75. The summed E-state index contributed by atoms with van der Waals surface area (Å²) in [5, 5.41) is 4.66. The van der Waals surface area contributed by atoms with E-state index in [9.17, 15) is 4.79 Å². The highest BCUT2D eigenvalue weighted by atomic mass is 35.5. The SMILES string of the molecule is Cc1nn(C)c(C(=O)N2CCN(Cc3ccco3)CC2)c1Cl. The highest BCUT2D eigenvalue weighted by molar-refractivity contribution is 6.34. The zero-order chi connectivity index (χ0) is 15.7. The van der Waals surface area contributed by atoms with Crippen LogP contribution in [0.15, 0.2) is 22.8 Å². The second-order valence-electron chi connectivity index (χ2n) is 5.52. The van der Waals surface area contributed by atoms with Gasteiger partial charge in [-0.05, 0) is 19.1 Å². The molecule has 1 aliphatic heterocycles. The summed E-state index contributed by atoms with van der Waals surface area (Å²) in [5.74, 6) is 0.899. The maximum atomic E-state index is 12.6. The van der Waals surface area contributed by atoms with Crippen LogP contribution in [0, 0.1) is 6.92 Å². The summed E-state index contributed by atoms with van der Waals surface area (Å²) in [5.41, 5.74) is 1.16. The van der Waals surface area contributed by atoms with E-state index in [1.807, 2.05) is 17.0 Å². The van der Waals surface area contributed by atoms with Crippen molar-refractivity contribution in [1.82, 2.24) is 19.6 Å². The number of nitrogens with zero attached hydrogens (tertiary/aromatic N) is 4. The largest absolute Gasteiger partial charge is 0.468 e. The van der Waals surface area contributed by atoms with E-state index < -0.39 is 0 Å². The number of aryl methyl sites for hydroxylation is 2. The van der Waals surface area contributed by atoms with Crippen LogP contribution in [0.3, 0.4) is 0 Å². The summed E-state index contributed by atoms with van der Waals surface area (Å²) < 4.78 is 6.93. The Morgan fingerprint density at radius 2 is 2.09 bits per heavy atom. The van der Waals surface area contributed by atoms with Gasteiger partial charge in [0.05, 0.1) is 23.5 Å². The van der Waals surface area contributed by atoms with E-state index in [-0.39, 0.29) is 5.91 Å². The van der Waals surface area contributed by atoms with Gasteiger partial charge in [-0.25, -0.2) is 0 Å². The lowest BCUT2D eigenvalue weighted by Gasteiger charge is -2.34. The molecule has 6 nitrogen and oxygen atoms in total. The van der Waals surface area contributed by atoms with E-state index in [0.717, 1.165) is 25.4 Å². The van der Waals surface area contributed by atoms with Crippen LogP contribution < -0.4 is 0 Å². The number of halogens is 1. The number of amides is 1. The Balaban J connectivity index is 1.62. The van der Waals surface area contributed by atoms with Crippen LogP contribution in [-0.4, -0.2) is 51.7 Å². The van der Waals surface area contributed by atoms with E-state index in [0.29, 0.717) is 29.5 Å². The fourth-order valence-corrected chi connectivity index (χ4v) is 2.99. The first-order chi connectivity index (χ1) is 10.6. The van der Waals surface area contributed by atoms with E-state index >= 15 is 0 Å². The maximum Gasteiger partial charge on any atom is 0.273 e. The molecule has 2 aromatic rings. The number of piperazine rings is 1. The lowest BCUT2D eigenvalue weighted by molar-refractivity contribution is 0.0610. The molecule has 0 unspecified atom stereocenters. The minimum Gasteiger partial charge on any atom is -0.468 e. The number of rotatable bonds is 3. The molecule has 0 saturated carbocycles. The molecule has 0 bridgehead atoms. The minimum atomic E-state index is -0.0502. The van der Waals surface area contributed by atoms with Gasteiger partial charge in [0.25, 0.3) is 5.91 Å². The molecule has 1 fully saturated rings. The van der Waals surface area contributed by atoms with Crippen LogP contribution in [0.1, 0.15) is 21.9 Å². The Morgan fingerprint density at radius 3 is 2.64 bits per heavy atom. The van der Waals surface area contributed by atoms with Gasteiger partial charge < -0.3 is 9.32 Å². The Morgan fingerprint density at radius 1 is 1.36 bits per heavy atom. The van der Waals surface area contributed by atoms with Crippen LogP contribution in [0.5, 0.6) is 0 Å². The zero-order valence-corrected chi connectivity index (χ0v) is 13.5. The van der Waals surface area contributed by atoms with Crippen molar-refractivity contribution in [2.75, 3.05) is 26.2 Å². The number of carbonyl (C=O) groups excluding carboxylic acids is 1. The third-order valence-corrected chi connectivity index (χ3v) is 4.42. The fourth-order valence-electron chi connectivity index (χ4n) is 2.75. The quantitative estimate of drug-likeness (QED) is 0.866. The molecule has 1 aliphatic rings. The molecule has 0 radical (unpaired) electrons. The third kappa shape index (κ3) is 2.89. The minimum absolute atomic E-state index is 0.0502. The number of carbonyl (C=O) groups is 1. The molecule has 3 heterocycles. The van der Waals surface area contributed by atoms with E-state index in [2.05, 4.69) is 10.00 Å².